The van der Waals surface area contributed by atoms with Gasteiger partial charge in [-0.3, -0.25) is 0 Å². The van der Waals surface area contributed by atoms with Crippen molar-refractivity contribution < 1.29 is 0 Å². The zero-order valence-electron chi connectivity index (χ0n) is 10.7. The molecule has 2 rings (SSSR count). The first-order chi connectivity index (χ1) is 8.42. The molecule has 2 heteroatoms. The normalized spacial score (nSPS) is 16.9. The Morgan fingerprint density at radius 2 is 1.71 bits per heavy atom. The quantitative estimate of drug-likeness (QED) is 0.865. The fourth-order valence-electron chi connectivity index (χ4n) is 2.63. The van der Waals surface area contributed by atoms with Crippen LogP contribution >= 0.6 is 0 Å². The van der Waals surface area contributed by atoms with Crippen LogP contribution in [0.4, 0.5) is 5.69 Å². The molecule has 0 radical (unpaired) electrons. The Morgan fingerprint density at radius 1 is 1.00 bits per heavy atom. The van der Waals surface area contributed by atoms with E-state index in [1.54, 1.807) is 0 Å². The molecule has 0 atom stereocenters. The molecule has 0 saturated carbocycles. The Bertz CT molecular complexity index is 327. The summed E-state index contributed by atoms with van der Waals surface area (Å²) in [5.41, 5.74) is 8.54. The van der Waals surface area contributed by atoms with E-state index in [0.29, 0.717) is 0 Å². The Balaban J connectivity index is 2.11. The SMILES string of the molecule is NCCCc1ccccc1N1CCCCCC1. The standard InChI is InChI=1S/C15H24N2/c16-11-7-9-14-8-3-4-10-15(14)17-12-5-1-2-6-13-17/h3-4,8,10H,1-2,5-7,9,11-13,16H2. The van der Waals surface area contributed by atoms with Crippen molar-refractivity contribution in [3.05, 3.63) is 29.8 Å². The molecule has 94 valence electrons. The van der Waals surface area contributed by atoms with Crippen molar-refractivity contribution in [2.24, 2.45) is 5.73 Å². The first-order valence-corrected chi connectivity index (χ1v) is 6.95. The van der Waals surface area contributed by atoms with Gasteiger partial charge in [-0.2, -0.15) is 0 Å². The van der Waals surface area contributed by atoms with Crippen LogP contribution < -0.4 is 10.6 Å². The molecule has 0 bridgehead atoms. The topological polar surface area (TPSA) is 29.3 Å². The van der Waals surface area contributed by atoms with Crippen LogP contribution in [0.1, 0.15) is 37.7 Å². The minimum Gasteiger partial charge on any atom is -0.371 e. The molecule has 1 aliphatic rings. The average molecular weight is 232 g/mol. The summed E-state index contributed by atoms with van der Waals surface area (Å²) in [5.74, 6) is 0. The second kappa shape index (κ2) is 6.65. The maximum Gasteiger partial charge on any atom is 0.0398 e. The number of benzene rings is 1. The molecule has 0 aliphatic carbocycles. The second-order valence-electron chi connectivity index (χ2n) is 4.92. The summed E-state index contributed by atoms with van der Waals surface area (Å²) in [4.78, 5) is 2.57. The van der Waals surface area contributed by atoms with Crippen LogP contribution in [0.5, 0.6) is 0 Å². The van der Waals surface area contributed by atoms with Crippen LogP contribution in [0.25, 0.3) is 0 Å². The number of hydrogen-bond donors (Lipinski definition) is 1. The van der Waals surface area contributed by atoms with Gasteiger partial charge < -0.3 is 10.6 Å². The van der Waals surface area contributed by atoms with E-state index in [4.69, 9.17) is 5.73 Å². The van der Waals surface area contributed by atoms with Crippen LogP contribution in [-0.4, -0.2) is 19.6 Å². The van der Waals surface area contributed by atoms with Crippen molar-refractivity contribution in [1.82, 2.24) is 0 Å². The minimum atomic E-state index is 0.786. The first kappa shape index (κ1) is 12.4. The predicted molar refractivity (Wildman–Crippen MR) is 74.5 cm³/mol. The van der Waals surface area contributed by atoms with Gasteiger partial charge in [-0.05, 0) is 43.9 Å². The van der Waals surface area contributed by atoms with E-state index in [-0.39, 0.29) is 0 Å². The van der Waals surface area contributed by atoms with Gasteiger partial charge in [0.15, 0.2) is 0 Å². The third-order valence-corrected chi connectivity index (χ3v) is 3.59. The zero-order valence-corrected chi connectivity index (χ0v) is 10.7. The van der Waals surface area contributed by atoms with Crippen LogP contribution in [0.2, 0.25) is 0 Å². The Labute approximate surface area is 105 Å². The Morgan fingerprint density at radius 3 is 2.41 bits per heavy atom. The molecule has 1 fully saturated rings. The Hall–Kier alpha value is -1.02. The van der Waals surface area contributed by atoms with E-state index in [0.717, 1.165) is 19.4 Å². The van der Waals surface area contributed by atoms with Gasteiger partial charge in [0.25, 0.3) is 0 Å². The number of nitrogens with zero attached hydrogens (tertiary/aromatic N) is 1. The van der Waals surface area contributed by atoms with Crippen LogP contribution in [-0.2, 0) is 6.42 Å². The maximum absolute atomic E-state index is 5.62. The van der Waals surface area contributed by atoms with Crippen molar-refractivity contribution in [2.75, 3.05) is 24.5 Å². The van der Waals surface area contributed by atoms with Crippen LogP contribution in [0.3, 0.4) is 0 Å². The summed E-state index contributed by atoms with van der Waals surface area (Å²) in [7, 11) is 0. The number of hydrogen-bond acceptors (Lipinski definition) is 2. The van der Waals surface area contributed by atoms with Gasteiger partial charge >= 0.3 is 0 Å². The molecule has 1 aromatic carbocycles. The summed E-state index contributed by atoms with van der Waals surface area (Å²) in [6, 6.07) is 8.84. The largest absolute Gasteiger partial charge is 0.371 e. The number of para-hydroxylation sites is 1. The van der Waals surface area contributed by atoms with Gasteiger partial charge in [0, 0.05) is 18.8 Å². The highest BCUT2D eigenvalue weighted by molar-refractivity contribution is 5.53. The molecular formula is C15H24N2. The Kier molecular flexibility index (Phi) is 4.87. The summed E-state index contributed by atoms with van der Waals surface area (Å²) in [6.07, 6.45) is 7.66. The second-order valence-corrected chi connectivity index (χ2v) is 4.92. The van der Waals surface area contributed by atoms with Crippen molar-refractivity contribution in [3.63, 3.8) is 0 Å². The third kappa shape index (κ3) is 3.47. The molecule has 17 heavy (non-hydrogen) atoms. The maximum atomic E-state index is 5.62. The summed E-state index contributed by atoms with van der Waals surface area (Å²) in [6.45, 7) is 3.23. The lowest BCUT2D eigenvalue weighted by Gasteiger charge is -2.25. The lowest BCUT2D eigenvalue weighted by molar-refractivity contribution is 0.726. The van der Waals surface area contributed by atoms with E-state index >= 15 is 0 Å². The molecule has 2 N–H and O–H groups in total. The van der Waals surface area contributed by atoms with Gasteiger partial charge in [-0.1, -0.05) is 31.0 Å². The fourth-order valence-corrected chi connectivity index (χ4v) is 2.63. The highest BCUT2D eigenvalue weighted by Crippen LogP contribution is 2.24. The molecule has 0 spiro atoms. The lowest BCUT2D eigenvalue weighted by atomic mass is 10.1. The first-order valence-electron chi connectivity index (χ1n) is 6.95. The molecule has 1 aliphatic heterocycles. The predicted octanol–water partition coefficient (Wildman–Crippen LogP) is 2.96. The van der Waals surface area contributed by atoms with Gasteiger partial charge in [0.05, 0.1) is 0 Å². The third-order valence-electron chi connectivity index (χ3n) is 3.59. The molecule has 0 amide bonds. The van der Waals surface area contributed by atoms with Gasteiger partial charge in [0.1, 0.15) is 0 Å². The van der Waals surface area contributed by atoms with E-state index in [1.807, 2.05) is 0 Å². The molecule has 1 saturated heterocycles. The molecule has 2 nitrogen and oxygen atoms in total. The molecule has 1 heterocycles. The van der Waals surface area contributed by atoms with Crippen LogP contribution in [0, 0.1) is 0 Å². The molecular weight excluding hydrogens is 208 g/mol. The number of nitrogens with two attached hydrogens (primary N) is 1. The summed E-state index contributed by atoms with van der Waals surface area (Å²) < 4.78 is 0. The highest BCUT2D eigenvalue weighted by Gasteiger charge is 2.12. The van der Waals surface area contributed by atoms with Crippen molar-refractivity contribution in [2.45, 2.75) is 38.5 Å². The summed E-state index contributed by atoms with van der Waals surface area (Å²) >= 11 is 0. The molecule has 0 unspecified atom stereocenters. The monoisotopic (exact) mass is 232 g/mol. The van der Waals surface area contributed by atoms with Crippen molar-refractivity contribution in [3.8, 4) is 0 Å². The van der Waals surface area contributed by atoms with Gasteiger partial charge in [-0.15, -0.1) is 0 Å². The molecule has 1 aromatic rings. The van der Waals surface area contributed by atoms with Crippen molar-refractivity contribution >= 4 is 5.69 Å². The van der Waals surface area contributed by atoms with Crippen LogP contribution in [0.15, 0.2) is 24.3 Å². The average Bonchev–Trinajstić information content (AvgIpc) is 2.65. The smallest absolute Gasteiger partial charge is 0.0398 e. The zero-order chi connectivity index (χ0) is 11.9. The van der Waals surface area contributed by atoms with Gasteiger partial charge in [-0.25, -0.2) is 0 Å². The number of rotatable bonds is 4. The lowest BCUT2D eigenvalue weighted by Crippen LogP contribution is -2.25. The van der Waals surface area contributed by atoms with Gasteiger partial charge in [0.2, 0.25) is 0 Å². The highest BCUT2D eigenvalue weighted by atomic mass is 15.1. The fraction of sp³-hybridized carbons (Fsp3) is 0.600. The minimum absolute atomic E-state index is 0.786. The van der Waals surface area contributed by atoms with E-state index in [9.17, 15) is 0 Å². The van der Waals surface area contributed by atoms with Crippen molar-refractivity contribution in [1.29, 1.82) is 0 Å². The number of anilines is 1. The van der Waals surface area contributed by atoms with E-state index < -0.39 is 0 Å². The molecule has 0 aromatic heterocycles. The van der Waals surface area contributed by atoms with E-state index in [1.165, 1.54) is 50.0 Å². The van der Waals surface area contributed by atoms with E-state index in [2.05, 4.69) is 29.2 Å². The summed E-state index contributed by atoms with van der Waals surface area (Å²) in [5, 5.41) is 0. The number of aryl methyl sites for hydroxylation is 1.